The van der Waals surface area contributed by atoms with Crippen LogP contribution in [-0.4, -0.2) is 38.8 Å². The van der Waals surface area contributed by atoms with E-state index in [9.17, 15) is 4.79 Å². The minimum Gasteiger partial charge on any atom is -0.324 e. The van der Waals surface area contributed by atoms with Crippen molar-refractivity contribution in [2.45, 2.75) is 58.4 Å². The summed E-state index contributed by atoms with van der Waals surface area (Å²) >= 11 is 0. The number of urea groups is 1. The van der Waals surface area contributed by atoms with Crippen molar-refractivity contribution in [2.75, 3.05) is 18.4 Å². The van der Waals surface area contributed by atoms with Crippen LogP contribution >= 0.6 is 0 Å². The first-order valence-electron chi connectivity index (χ1n) is 10.1. The van der Waals surface area contributed by atoms with E-state index in [1.807, 2.05) is 35.2 Å². The molecule has 1 aromatic carbocycles. The van der Waals surface area contributed by atoms with Crippen LogP contribution in [0, 0.1) is 5.41 Å². The van der Waals surface area contributed by atoms with E-state index in [4.69, 9.17) is 0 Å². The Bertz CT molecular complexity index is 790. The summed E-state index contributed by atoms with van der Waals surface area (Å²) in [5.41, 5.74) is 1.19. The number of fused-ring (bicyclic) bond motifs is 1. The molecule has 1 aromatic heterocycles. The highest BCUT2D eigenvalue weighted by molar-refractivity contribution is 5.89. The lowest BCUT2D eigenvalue weighted by Crippen LogP contribution is -2.45. The van der Waals surface area contributed by atoms with Gasteiger partial charge in [-0.05, 0) is 43.2 Å². The predicted octanol–water partition coefficient (Wildman–Crippen LogP) is 4.05. The molecule has 144 valence electrons. The monoisotopic (exact) mass is 367 g/mol. The maximum atomic E-state index is 12.6. The summed E-state index contributed by atoms with van der Waals surface area (Å²) in [6.45, 7) is 7.03. The molecule has 1 fully saturated rings. The van der Waals surface area contributed by atoms with Gasteiger partial charge in [-0.3, -0.25) is 0 Å². The van der Waals surface area contributed by atoms with Gasteiger partial charge in [0.05, 0.1) is 0 Å². The molecule has 0 radical (unpaired) electrons. The second-order valence-electron chi connectivity index (χ2n) is 8.31. The molecular weight excluding hydrogens is 338 g/mol. The number of amides is 2. The van der Waals surface area contributed by atoms with Gasteiger partial charge < -0.3 is 14.8 Å². The first-order valence-corrected chi connectivity index (χ1v) is 10.1. The SMILES string of the molecule is CC(C)c1nnc2n1CCC1(CC2)CCN(C(=O)Nc2ccccc2)CC1. The van der Waals surface area contributed by atoms with Gasteiger partial charge in [0, 0.05) is 37.7 Å². The summed E-state index contributed by atoms with van der Waals surface area (Å²) in [6.07, 6.45) is 5.45. The van der Waals surface area contributed by atoms with E-state index < -0.39 is 0 Å². The third-order valence-electron chi connectivity index (χ3n) is 6.25. The van der Waals surface area contributed by atoms with Gasteiger partial charge in [0.2, 0.25) is 0 Å². The number of likely N-dealkylation sites (tertiary alicyclic amines) is 1. The summed E-state index contributed by atoms with van der Waals surface area (Å²) in [5, 5.41) is 11.9. The van der Waals surface area contributed by atoms with Crippen LogP contribution in [0.25, 0.3) is 0 Å². The van der Waals surface area contributed by atoms with Crippen molar-refractivity contribution < 1.29 is 4.79 Å². The molecule has 2 amide bonds. The highest BCUT2D eigenvalue weighted by atomic mass is 16.2. The molecular formula is C21H29N5O. The van der Waals surface area contributed by atoms with Crippen molar-refractivity contribution in [1.82, 2.24) is 19.7 Å². The molecule has 6 heteroatoms. The minimum atomic E-state index is 0.0175. The second-order valence-corrected chi connectivity index (χ2v) is 8.31. The number of carbonyl (C=O) groups is 1. The zero-order valence-electron chi connectivity index (χ0n) is 16.3. The number of hydrogen-bond acceptors (Lipinski definition) is 3. The Morgan fingerprint density at radius 1 is 1.04 bits per heavy atom. The lowest BCUT2D eigenvalue weighted by Gasteiger charge is -2.41. The normalized spacial score (nSPS) is 19.0. The molecule has 0 unspecified atom stereocenters. The van der Waals surface area contributed by atoms with Crippen molar-refractivity contribution in [3.8, 4) is 0 Å². The van der Waals surface area contributed by atoms with Crippen molar-refractivity contribution in [2.24, 2.45) is 5.41 Å². The molecule has 2 aliphatic heterocycles. The Morgan fingerprint density at radius 2 is 1.74 bits per heavy atom. The van der Waals surface area contributed by atoms with Gasteiger partial charge in [0.1, 0.15) is 11.6 Å². The summed E-state index contributed by atoms with van der Waals surface area (Å²) in [4.78, 5) is 14.5. The number of anilines is 1. The Balaban J connectivity index is 1.37. The fraction of sp³-hybridized carbons (Fsp3) is 0.571. The van der Waals surface area contributed by atoms with Gasteiger partial charge in [0.15, 0.2) is 0 Å². The number of aryl methyl sites for hydroxylation is 1. The molecule has 0 saturated carbocycles. The lowest BCUT2D eigenvalue weighted by atomic mass is 9.73. The molecule has 2 aliphatic rings. The van der Waals surface area contributed by atoms with Crippen LogP contribution in [-0.2, 0) is 13.0 Å². The van der Waals surface area contributed by atoms with Gasteiger partial charge in [-0.15, -0.1) is 10.2 Å². The molecule has 4 rings (SSSR count). The number of nitrogens with zero attached hydrogens (tertiary/aromatic N) is 4. The predicted molar refractivity (Wildman–Crippen MR) is 106 cm³/mol. The van der Waals surface area contributed by atoms with Crippen LogP contribution < -0.4 is 5.32 Å². The quantitative estimate of drug-likeness (QED) is 0.871. The molecule has 0 aliphatic carbocycles. The van der Waals surface area contributed by atoms with E-state index in [0.717, 1.165) is 69.1 Å². The number of piperidine rings is 1. The van der Waals surface area contributed by atoms with Crippen molar-refractivity contribution >= 4 is 11.7 Å². The molecule has 1 N–H and O–H groups in total. The first-order chi connectivity index (χ1) is 13.1. The Kier molecular flexibility index (Phi) is 4.89. The van der Waals surface area contributed by atoms with Gasteiger partial charge in [-0.1, -0.05) is 32.0 Å². The number of aromatic nitrogens is 3. The number of nitrogens with one attached hydrogen (secondary N) is 1. The van der Waals surface area contributed by atoms with Gasteiger partial charge >= 0.3 is 6.03 Å². The van der Waals surface area contributed by atoms with Crippen LogP contribution in [0.1, 0.15) is 57.1 Å². The van der Waals surface area contributed by atoms with Crippen LogP contribution in [0.4, 0.5) is 10.5 Å². The first kappa shape index (κ1) is 18.0. The molecule has 2 aromatic rings. The van der Waals surface area contributed by atoms with Crippen LogP contribution in [0.2, 0.25) is 0 Å². The van der Waals surface area contributed by atoms with Gasteiger partial charge in [-0.25, -0.2) is 4.79 Å². The van der Waals surface area contributed by atoms with E-state index in [-0.39, 0.29) is 6.03 Å². The van der Waals surface area contributed by atoms with E-state index in [0.29, 0.717) is 11.3 Å². The summed E-state index contributed by atoms with van der Waals surface area (Å²) in [5.74, 6) is 2.66. The third-order valence-corrected chi connectivity index (χ3v) is 6.25. The van der Waals surface area contributed by atoms with E-state index in [1.165, 1.54) is 0 Å². The number of rotatable bonds is 2. The van der Waals surface area contributed by atoms with Gasteiger partial charge in [-0.2, -0.15) is 0 Å². The zero-order valence-corrected chi connectivity index (χ0v) is 16.3. The van der Waals surface area contributed by atoms with Crippen LogP contribution in [0.3, 0.4) is 0 Å². The molecule has 3 heterocycles. The molecule has 0 bridgehead atoms. The maximum absolute atomic E-state index is 12.6. The highest BCUT2D eigenvalue weighted by Crippen LogP contribution is 2.42. The van der Waals surface area contributed by atoms with Crippen LogP contribution in [0.5, 0.6) is 0 Å². The molecule has 27 heavy (non-hydrogen) atoms. The number of hydrogen-bond donors (Lipinski definition) is 1. The summed E-state index contributed by atoms with van der Waals surface area (Å²) in [7, 11) is 0. The number of carbonyl (C=O) groups excluding carboxylic acids is 1. The summed E-state index contributed by atoms with van der Waals surface area (Å²) < 4.78 is 2.34. The summed E-state index contributed by atoms with van der Waals surface area (Å²) in [6, 6.07) is 9.71. The van der Waals surface area contributed by atoms with E-state index in [1.54, 1.807) is 0 Å². The van der Waals surface area contributed by atoms with Crippen molar-refractivity contribution in [1.29, 1.82) is 0 Å². The number of benzene rings is 1. The Labute approximate surface area is 161 Å². The largest absolute Gasteiger partial charge is 0.324 e. The maximum Gasteiger partial charge on any atom is 0.321 e. The average Bonchev–Trinajstić information content (AvgIpc) is 3.02. The zero-order chi connectivity index (χ0) is 18.9. The highest BCUT2D eigenvalue weighted by Gasteiger charge is 2.38. The van der Waals surface area contributed by atoms with Crippen molar-refractivity contribution in [3.05, 3.63) is 42.0 Å². The van der Waals surface area contributed by atoms with E-state index >= 15 is 0 Å². The van der Waals surface area contributed by atoms with Gasteiger partial charge in [0.25, 0.3) is 0 Å². The Hall–Kier alpha value is -2.37. The average molecular weight is 367 g/mol. The standard InChI is InChI=1S/C21H29N5O/c1-16(2)19-24-23-18-8-9-21(12-15-26(18)19)10-13-25(14-11-21)20(27)22-17-6-4-3-5-7-17/h3-7,16H,8-15H2,1-2H3,(H,22,27). The third kappa shape index (κ3) is 3.70. The topological polar surface area (TPSA) is 63.1 Å². The van der Waals surface area contributed by atoms with E-state index in [2.05, 4.69) is 33.9 Å². The van der Waals surface area contributed by atoms with Crippen molar-refractivity contribution in [3.63, 3.8) is 0 Å². The fourth-order valence-corrected chi connectivity index (χ4v) is 4.46. The number of para-hydroxylation sites is 1. The molecule has 0 atom stereocenters. The Morgan fingerprint density at radius 3 is 2.44 bits per heavy atom. The lowest BCUT2D eigenvalue weighted by molar-refractivity contribution is 0.105. The minimum absolute atomic E-state index is 0.0175. The second kappa shape index (κ2) is 7.33. The molecule has 6 nitrogen and oxygen atoms in total. The molecule has 1 saturated heterocycles. The fourth-order valence-electron chi connectivity index (χ4n) is 4.46. The van der Waals surface area contributed by atoms with Crippen LogP contribution in [0.15, 0.2) is 30.3 Å². The molecule has 1 spiro atoms. The smallest absolute Gasteiger partial charge is 0.321 e.